The van der Waals surface area contributed by atoms with Gasteiger partial charge in [0.15, 0.2) is 0 Å². The van der Waals surface area contributed by atoms with E-state index in [1.807, 2.05) is 12.5 Å². The Labute approximate surface area is 100 Å². The van der Waals surface area contributed by atoms with Crippen molar-refractivity contribution in [3.63, 3.8) is 0 Å². The number of methoxy groups -OCH3 is 1. The summed E-state index contributed by atoms with van der Waals surface area (Å²) in [5, 5.41) is 0. The number of carbonyl (C=O) groups is 2. The maximum absolute atomic E-state index is 12.2. The number of nitrogens with zero attached hydrogens (tertiary/aromatic N) is 1. The Bertz CT molecular complexity index is 416. The van der Waals surface area contributed by atoms with Crippen molar-refractivity contribution in [2.24, 2.45) is 0 Å². The van der Waals surface area contributed by atoms with Gasteiger partial charge in [0, 0.05) is 12.1 Å². The maximum atomic E-state index is 12.2. The second kappa shape index (κ2) is 4.99. The highest BCUT2D eigenvalue weighted by atomic mass is 16.5. The minimum atomic E-state index is -0.479. The quantitative estimate of drug-likeness (QED) is 0.721. The van der Waals surface area contributed by atoms with Gasteiger partial charge in [-0.25, -0.2) is 4.79 Å². The molecule has 1 aromatic rings. The van der Waals surface area contributed by atoms with Gasteiger partial charge in [0.2, 0.25) is 0 Å². The Morgan fingerprint density at radius 2 is 2.00 bits per heavy atom. The van der Waals surface area contributed by atoms with E-state index >= 15 is 0 Å². The number of ether oxygens (including phenoxy) is 1. The minimum Gasteiger partial charge on any atom is -0.467 e. The molecule has 1 amide bonds. The highest BCUT2D eigenvalue weighted by molar-refractivity contribution is 5.97. The van der Waals surface area contributed by atoms with Crippen LogP contribution in [0.15, 0.2) is 30.3 Å². The molecule has 1 atom stereocenters. The van der Waals surface area contributed by atoms with Crippen LogP contribution in [0.5, 0.6) is 0 Å². The Hall–Kier alpha value is -1.84. The fourth-order valence-corrected chi connectivity index (χ4v) is 1.96. The Morgan fingerprint density at radius 3 is 2.65 bits per heavy atom. The molecule has 2 rings (SSSR count). The van der Waals surface area contributed by atoms with Crippen molar-refractivity contribution in [1.29, 1.82) is 0 Å². The normalized spacial score (nSPS) is 19.1. The molecule has 0 bridgehead atoms. The van der Waals surface area contributed by atoms with E-state index in [0.717, 1.165) is 0 Å². The standard InChI is InChI=1S/C13H14NO3/c1-17-13(16)11-8-5-9-14(11)12(15)10-6-3-2-4-7-10/h2-7,11H,8-9H2,1H3. The van der Waals surface area contributed by atoms with Crippen molar-refractivity contribution in [2.45, 2.75) is 12.5 Å². The molecule has 1 radical (unpaired) electrons. The molecule has 1 fully saturated rings. The van der Waals surface area contributed by atoms with Gasteiger partial charge in [0.05, 0.1) is 7.11 Å². The van der Waals surface area contributed by atoms with E-state index in [-0.39, 0.29) is 11.9 Å². The summed E-state index contributed by atoms with van der Waals surface area (Å²) < 4.78 is 4.70. The molecular weight excluding hydrogens is 218 g/mol. The zero-order valence-electron chi connectivity index (χ0n) is 9.63. The second-order valence-electron chi connectivity index (χ2n) is 3.89. The summed E-state index contributed by atoms with van der Waals surface area (Å²) in [6.45, 7) is 0.494. The van der Waals surface area contributed by atoms with Crippen LogP contribution in [0.3, 0.4) is 0 Å². The molecule has 1 saturated heterocycles. The first-order valence-corrected chi connectivity index (χ1v) is 5.49. The van der Waals surface area contributed by atoms with E-state index in [1.54, 1.807) is 29.2 Å². The van der Waals surface area contributed by atoms with Crippen LogP contribution < -0.4 is 0 Å². The molecule has 0 aliphatic carbocycles. The topological polar surface area (TPSA) is 46.6 Å². The first-order valence-electron chi connectivity index (χ1n) is 5.49. The van der Waals surface area contributed by atoms with E-state index in [2.05, 4.69) is 0 Å². The number of carbonyl (C=O) groups excluding carboxylic acids is 2. The third-order valence-corrected chi connectivity index (χ3v) is 2.85. The SMILES string of the molecule is COC(=O)C1C[CH]CN1C(=O)c1ccccc1. The van der Waals surface area contributed by atoms with Crippen LogP contribution >= 0.6 is 0 Å². The summed E-state index contributed by atoms with van der Waals surface area (Å²) in [7, 11) is 1.34. The Balaban J connectivity index is 2.17. The second-order valence-corrected chi connectivity index (χ2v) is 3.89. The number of hydrogen-bond acceptors (Lipinski definition) is 3. The lowest BCUT2D eigenvalue weighted by molar-refractivity contribution is -0.145. The van der Waals surface area contributed by atoms with E-state index < -0.39 is 6.04 Å². The predicted molar refractivity (Wildman–Crippen MR) is 62.2 cm³/mol. The average molecular weight is 232 g/mol. The molecule has 1 aliphatic rings. The van der Waals surface area contributed by atoms with Crippen LogP contribution in [0.4, 0.5) is 0 Å². The number of likely N-dealkylation sites (tertiary alicyclic amines) is 1. The van der Waals surface area contributed by atoms with Crippen molar-refractivity contribution in [3.05, 3.63) is 42.3 Å². The number of hydrogen-bond donors (Lipinski definition) is 0. The van der Waals surface area contributed by atoms with E-state index in [1.165, 1.54) is 7.11 Å². The molecule has 0 spiro atoms. The maximum Gasteiger partial charge on any atom is 0.328 e. The summed E-state index contributed by atoms with van der Waals surface area (Å²) in [5.41, 5.74) is 0.594. The summed E-state index contributed by atoms with van der Waals surface area (Å²) in [6.07, 6.45) is 2.48. The lowest BCUT2D eigenvalue weighted by Gasteiger charge is -2.22. The third-order valence-electron chi connectivity index (χ3n) is 2.85. The lowest BCUT2D eigenvalue weighted by Crippen LogP contribution is -2.41. The molecule has 4 nitrogen and oxygen atoms in total. The number of esters is 1. The van der Waals surface area contributed by atoms with Crippen molar-refractivity contribution < 1.29 is 14.3 Å². The largest absolute Gasteiger partial charge is 0.467 e. The molecule has 1 unspecified atom stereocenters. The van der Waals surface area contributed by atoms with Gasteiger partial charge in [-0.2, -0.15) is 0 Å². The van der Waals surface area contributed by atoms with Crippen LogP contribution in [-0.2, 0) is 9.53 Å². The fourth-order valence-electron chi connectivity index (χ4n) is 1.96. The predicted octanol–water partition coefficient (Wildman–Crippen LogP) is 1.28. The van der Waals surface area contributed by atoms with Crippen LogP contribution in [0.1, 0.15) is 16.8 Å². The molecule has 0 aromatic heterocycles. The van der Waals surface area contributed by atoms with Gasteiger partial charge < -0.3 is 9.64 Å². The zero-order valence-corrected chi connectivity index (χ0v) is 9.63. The van der Waals surface area contributed by atoms with Crippen LogP contribution in [-0.4, -0.2) is 36.5 Å². The molecule has 0 saturated carbocycles. The summed E-state index contributed by atoms with van der Waals surface area (Å²) in [5.74, 6) is -0.488. The number of rotatable bonds is 2. The molecule has 4 heteroatoms. The van der Waals surface area contributed by atoms with Crippen LogP contribution in [0, 0.1) is 6.42 Å². The summed E-state index contributed by atoms with van der Waals surface area (Å²) >= 11 is 0. The monoisotopic (exact) mass is 232 g/mol. The molecule has 1 aromatic carbocycles. The summed E-state index contributed by atoms with van der Waals surface area (Å²) in [6, 6.07) is 8.47. The molecule has 0 N–H and O–H groups in total. The van der Waals surface area contributed by atoms with Crippen molar-refractivity contribution >= 4 is 11.9 Å². The van der Waals surface area contributed by atoms with Gasteiger partial charge in [-0.1, -0.05) is 18.2 Å². The van der Waals surface area contributed by atoms with Crippen LogP contribution in [0.2, 0.25) is 0 Å². The average Bonchev–Trinajstić information content (AvgIpc) is 2.87. The van der Waals surface area contributed by atoms with Crippen LogP contribution in [0.25, 0.3) is 0 Å². The van der Waals surface area contributed by atoms with Gasteiger partial charge in [-0.3, -0.25) is 4.79 Å². The number of amides is 1. The van der Waals surface area contributed by atoms with Crippen molar-refractivity contribution in [1.82, 2.24) is 4.90 Å². The smallest absolute Gasteiger partial charge is 0.328 e. The van der Waals surface area contributed by atoms with Gasteiger partial charge in [-0.15, -0.1) is 0 Å². The minimum absolute atomic E-state index is 0.130. The van der Waals surface area contributed by atoms with E-state index in [9.17, 15) is 9.59 Å². The van der Waals surface area contributed by atoms with Crippen molar-refractivity contribution in [3.8, 4) is 0 Å². The lowest BCUT2D eigenvalue weighted by atomic mass is 10.1. The Morgan fingerprint density at radius 1 is 1.29 bits per heavy atom. The number of benzene rings is 1. The molecular formula is C13H14NO3. The van der Waals surface area contributed by atoms with Gasteiger partial charge >= 0.3 is 5.97 Å². The van der Waals surface area contributed by atoms with Gasteiger partial charge in [0.1, 0.15) is 6.04 Å². The van der Waals surface area contributed by atoms with E-state index in [0.29, 0.717) is 18.5 Å². The van der Waals surface area contributed by atoms with Gasteiger partial charge in [-0.05, 0) is 25.0 Å². The first-order chi connectivity index (χ1) is 8.24. The first kappa shape index (κ1) is 11.6. The molecule has 89 valence electrons. The third kappa shape index (κ3) is 2.30. The Kier molecular flexibility index (Phi) is 3.42. The zero-order chi connectivity index (χ0) is 12.3. The highest BCUT2D eigenvalue weighted by Crippen LogP contribution is 2.20. The fraction of sp³-hybridized carbons (Fsp3) is 0.308. The molecule has 17 heavy (non-hydrogen) atoms. The van der Waals surface area contributed by atoms with Gasteiger partial charge in [0.25, 0.3) is 5.91 Å². The summed E-state index contributed by atoms with van der Waals surface area (Å²) in [4.78, 5) is 25.2. The molecule has 1 heterocycles. The highest BCUT2D eigenvalue weighted by Gasteiger charge is 2.35. The van der Waals surface area contributed by atoms with Crippen molar-refractivity contribution in [2.75, 3.05) is 13.7 Å². The van der Waals surface area contributed by atoms with E-state index in [4.69, 9.17) is 4.74 Å². The molecule has 1 aliphatic heterocycles.